The van der Waals surface area contributed by atoms with E-state index in [-0.39, 0.29) is 6.03 Å². The molecule has 0 aliphatic carbocycles. The molecule has 0 radical (unpaired) electrons. The van der Waals surface area contributed by atoms with Gasteiger partial charge >= 0.3 is 6.03 Å². The number of carbonyl (C=O) groups is 1. The normalized spacial score (nSPS) is 11.2. The maximum atomic E-state index is 13.1. The predicted molar refractivity (Wildman–Crippen MR) is 148 cm³/mol. The number of fused-ring (bicyclic) bond motifs is 2. The molecular weight excluding hydrogens is 480 g/mol. The van der Waals surface area contributed by atoms with Crippen LogP contribution in [0.25, 0.3) is 27.0 Å². The lowest BCUT2D eigenvalue weighted by atomic mass is 10.1. The lowest BCUT2D eigenvalue weighted by Gasteiger charge is -2.22. The van der Waals surface area contributed by atoms with Gasteiger partial charge < -0.3 is 14.6 Å². The number of furan rings is 1. The molecule has 3 aromatic heterocycles. The number of carbonyl (C=O) groups excluding carboxylic acids is 1. The quantitative estimate of drug-likeness (QED) is 0.248. The van der Waals surface area contributed by atoms with Crippen molar-refractivity contribution in [1.82, 2.24) is 19.6 Å². The number of hydrogen-bond donors (Lipinski definition) is 1. The van der Waals surface area contributed by atoms with Crippen molar-refractivity contribution in [3.05, 3.63) is 120 Å². The average molecular weight is 507 g/mol. The van der Waals surface area contributed by atoms with Crippen molar-refractivity contribution < 1.29 is 9.21 Å². The van der Waals surface area contributed by atoms with Gasteiger partial charge in [-0.3, -0.25) is 4.40 Å². The van der Waals surface area contributed by atoms with Gasteiger partial charge in [0, 0.05) is 42.3 Å². The van der Waals surface area contributed by atoms with Gasteiger partial charge in [-0.1, -0.05) is 66.7 Å². The summed E-state index contributed by atoms with van der Waals surface area (Å²) in [5.41, 5.74) is 4.24. The minimum absolute atomic E-state index is 0.116. The molecule has 2 amide bonds. The predicted octanol–water partition coefficient (Wildman–Crippen LogP) is 6.76. The van der Waals surface area contributed by atoms with E-state index in [1.165, 1.54) is 10.8 Å². The molecule has 6 rings (SSSR count). The molecule has 3 aromatic carbocycles. The fourth-order valence-electron chi connectivity index (χ4n) is 4.47. The molecule has 0 unspecified atom stereocenters. The third kappa shape index (κ3) is 5.13. The van der Waals surface area contributed by atoms with Crippen LogP contribution in [-0.4, -0.2) is 26.9 Å². The molecule has 3 heterocycles. The fraction of sp³-hybridized carbons (Fsp3) is 0.133. The van der Waals surface area contributed by atoms with Gasteiger partial charge in [-0.15, -0.1) is 11.3 Å². The zero-order chi connectivity index (χ0) is 25.0. The molecule has 6 aromatic rings. The summed E-state index contributed by atoms with van der Waals surface area (Å²) in [6.45, 7) is 1.44. The monoisotopic (exact) mass is 506 g/mol. The van der Waals surface area contributed by atoms with Crippen molar-refractivity contribution >= 4 is 33.1 Å². The summed E-state index contributed by atoms with van der Waals surface area (Å²) in [5.74, 6) is 0.756. The number of benzene rings is 3. The van der Waals surface area contributed by atoms with Crippen LogP contribution in [0.5, 0.6) is 0 Å². The Morgan fingerprint density at radius 1 is 0.973 bits per heavy atom. The van der Waals surface area contributed by atoms with E-state index < -0.39 is 0 Å². The second-order valence-electron chi connectivity index (χ2n) is 8.96. The molecule has 7 heteroatoms. The number of urea groups is 1. The van der Waals surface area contributed by atoms with Crippen molar-refractivity contribution in [2.75, 3.05) is 6.54 Å². The van der Waals surface area contributed by atoms with E-state index in [4.69, 9.17) is 9.40 Å². The Bertz CT molecular complexity index is 1640. The molecule has 1 N–H and O–H groups in total. The first-order valence-corrected chi connectivity index (χ1v) is 13.1. The third-order valence-corrected chi connectivity index (χ3v) is 7.36. The number of thiazole rings is 1. The molecule has 0 atom stereocenters. The lowest BCUT2D eigenvalue weighted by Crippen LogP contribution is -2.40. The van der Waals surface area contributed by atoms with Gasteiger partial charge in [0.1, 0.15) is 5.76 Å². The summed E-state index contributed by atoms with van der Waals surface area (Å²) >= 11 is 1.62. The van der Waals surface area contributed by atoms with Crippen LogP contribution in [0.4, 0.5) is 4.79 Å². The van der Waals surface area contributed by atoms with Crippen LogP contribution < -0.4 is 5.32 Å². The zero-order valence-corrected chi connectivity index (χ0v) is 21.0. The lowest BCUT2D eigenvalue weighted by molar-refractivity contribution is 0.190. The Kier molecular flexibility index (Phi) is 6.44. The Balaban J connectivity index is 1.19. The topological polar surface area (TPSA) is 62.8 Å². The SMILES string of the molecule is O=C(NCc1ccccc1)N(CCc1csc2nc(-c3ccc4ccccc4c3)cn12)Cc1ccco1. The summed E-state index contributed by atoms with van der Waals surface area (Å²) < 4.78 is 7.67. The van der Waals surface area contributed by atoms with Gasteiger partial charge in [0.2, 0.25) is 0 Å². The number of hydrogen-bond acceptors (Lipinski definition) is 4. The van der Waals surface area contributed by atoms with Gasteiger partial charge in [0.15, 0.2) is 4.96 Å². The summed E-state index contributed by atoms with van der Waals surface area (Å²) in [6, 6.07) is 28.3. The highest BCUT2D eigenvalue weighted by Crippen LogP contribution is 2.27. The number of imidazole rings is 1. The highest BCUT2D eigenvalue weighted by molar-refractivity contribution is 7.15. The van der Waals surface area contributed by atoms with E-state index in [0.29, 0.717) is 26.1 Å². The first-order chi connectivity index (χ1) is 18.2. The molecule has 0 fully saturated rings. The van der Waals surface area contributed by atoms with Crippen molar-refractivity contribution in [3.8, 4) is 11.3 Å². The second-order valence-corrected chi connectivity index (χ2v) is 9.80. The first-order valence-electron chi connectivity index (χ1n) is 12.3. The summed E-state index contributed by atoms with van der Waals surface area (Å²) in [7, 11) is 0. The van der Waals surface area contributed by atoms with E-state index in [9.17, 15) is 4.79 Å². The number of nitrogens with zero attached hydrogens (tertiary/aromatic N) is 3. The Hall–Kier alpha value is -4.36. The molecule has 0 saturated carbocycles. The van der Waals surface area contributed by atoms with Gasteiger partial charge in [0.05, 0.1) is 18.5 Å². The fourth-order valence-corrected chi connectivity index (χ4v) is 5.38. The minimum atomic E-state index is -0.116. The van der Waals surface area contributed by atoms with Crippen molar-refractivity contribution in [2.45, 2.75) is 19.5 Å². The number of amides is 2. The van der Waals surface area contributed by atoms with E-state index in [1.54, 1.807) is 22.5 Å². The molecule has 0 spiro atoms. The van der Waals surface area contributed by atoms with Crippen LogP contribution >= 0.6 is 11.3 Å². The maximum absolute atomic E-state index is 13.1. The van der Waals surface area contributed by atoms with Gasteiger partial charge in [-0.2, -0.15) is 0 Å². The van der Waals surface area contributed by atoms with Gasteiger partial charge in [-0.25, -0.2) is 9.78 Å². The largest absolute Gasteiger partial charge is 0.467 e. The van der Waals surface area contributed by atoms with Crippen LogP contribution in [-0.2, 0) is 19.5 Å². The van der Waals surface area contributed by atoms with E-state index in [0.717, 1.165) is 33.2 Å². The number of aromatic nitrogens is 2. The highest BCUT2D eigenvalue weighted by atomic mass is 32.1. The van der Waals surface area contributed by atoms with Crippen molar-refractivity contribution in [3.63, 3.8) is 0 Å². The van der Waals surface area contributed by atoms with E-state index in [2.05, 4.69) is 63.8 Å². The summed E-state index contributed by atoms with van der Waals surface area (Å²) in [5, 5.41) is 7.59. The molecule has 0 saturated heterocycles. The van der Waals surface area contributed by atoms with Crippen LogP contribution in [0.2, 0.25) is 0 Å². The molecular formula is C30H26N4O2S. The Morgan fingerprint density at radius 3 is 2.65 bits per heavy atom. The van der Waals surface area contributed by atoms with Crippen LogP contribution in [0, 0.1) is 0 Å². The summed E-state index contributed by atoms with van der Waals surface area (Å²) in [6.07, 6.45) is 4.43. The molecule has 184 valence electrons. The standard InChI is InChI=1S/C30H26N4O2S/c35-29(31-18-22-7-2-1-3-8-22)33(19-27-11-6-16-36-27)15-14-26-21-37-30-32-28(20-34(26)30)25-13-12-23-9-4-5-10-24(23)17-25/h1-13,16-17,20-21H,14-15,18-19H2,(H,31,35). The van der Waals surface area contributed by atoms with Gasteiger partial charge in [-0.05, 0) is 34.5 Å². The Labute approximate surface area is 218 Å². The van der Waals surface area contributed by atoms with E-state index in [1.807, 2.05) is 42.5 Å². The molecule has 0 aliphatic heterocycles. The molecule has 0 bridgehead atoms. The smallest absolute Gasteiger partial charge is 0.318 e. The summed E-state index contributed by atoms with van der Waals surface area (Å²) in [4.78, 5) is 20.7. The number of nitrogens with one attached hydrogen (secondary N) is 1. The van der Waals surface area contributed by atoms with Crippen molar-refractivity contribution in [1.29, 1.82) is 0 Å². The first kappa shape index (κ1) is 23.1. The Morgan fingerprint density at radius 2 is 1.81 bits per heavy atom. The minimum Gasteiger partial charge on any atom is -0.467 e. The van der Waals surface area contributed by atoms with E-state index >= 15 is 0 Å². The maximum Gasteiger partial charge on any atom is 0.318 e. The molecule has 0 aliphatic rings. The van der Waals surface area contributed by atoms with Crippen LogP contribution in [0.15, 0.2) is 107 Å². The van der Waals surface area contributed by atoms with Gasteiger partial charge in [0.25, 0.3) is 0 Å². The number of rotatable bonds is 8. The average Bonchev–Trinajstić information content (AvgIpc) is 3.69. The molecule has 37 heavy (non-hydrogen) atoms. The third-order valence-electron chi connectivity index (χ3n) is 6.47. The van der Waals surface area contributed by atoms with Crippen LogP contribution in [0.3, 0.4) is 0 Å². The molecule has 6 nitrogen and oxygen atoms in total. The van der Waals surface area contributed by atoms with Crippen LogP contribution in [0.1, 0.15) is 17.0 Å². The highest BCUT2D eigenvalue weighted by Gasteiger charge is 2.17. The zero-order valence-electron chi connectivity index (χ0n) is 20.2. The second kappa shape index (κ2) is 10.3. The van der Waals surface area contributed by atoms with Crippen molar-refractivity contribution in [2.24, 2.45) is 0 Å².